The summed E-state index contributed by atoms with van der Waals surface area (Å²) in [5, 5.41) is 2.65. The highest BCUT2D eigenvalue weighted by Gasteiger charge is 2.30. The third-order valence-electron chi connectivity index (χ3n) is 3.25. The smallest absolute Gasteiger partial charge is 0.452 e. The van der Waals surface area contributed by atoms with Gasteiger partial charge in [0.25, 0.3) is 5.91 Å². The molecule has 0 saturated heterocycles. The summed E-state index contributed by atoms with van der Waals surface area (Å²) in [5.41, 5.74) is 1.08. The van der Waals surface area contributed by atoms with Gasteiger partial charge in [-0.3, -0.25) is 4.79 Å². The Hall–Kier alpha value is -2.94. The zero-order valence-electron chi connectivity index (χ0n) is 14.7. The van der Waals surface area contributed by atoms with Crippen LogP contribution in [0.15, 0.2) is 59.5 Å². The summed E-state index contributed by atoms with van der Waals surface area (Å²) in [6.45, 7) is -0.468. The van der Waals surface area contributed by atoms with Crippen LogP contribution in [0.1, 0.15) is 5.56 Å². The molecule has 2 aromatic carbocycles. The van der Waals surface area contributed by atoms with Gasteiger partial charge < -0.3 is 14.8 Å². The number of carbonyl (C=O) groups excluding carboxylic acids is 2. The molecule has 0 saturated carbocycles. The van der Waals surface area contributed by atoms with Gasteiger partial charge >= 0.3 is 12.3 Å². The molecule has 28 heavy (non-hydrogen) atoms. The number of halogens is 3. The van der Waals surface area contributed by atoms with Gasteiger partial charge in [-0.1, -0.05) is 24.3 Å². The van der Waals surface area contributed by atoms with E-state index in [2.05, 4.69) is 10.1 Å². The largest absolute Gasteiger partial charge is 0.573 e. The summed E-state index contributed by atoms with van der Waals surface area (Å²) >= 11 is 1.47. The Labute approximate surface area is 163 Å². The van der Waals surface area contributed by atoms with E-state index < -0.39 is 24.8 Å². The van der Waals surface area contributed by atoms with Crippen molar-refractivity contribution < 1.29 is 32.2 Å². The van der Waals surface area contributed by atoms with E-state index in [0.717, 1.165) is 23.1 Å². The van der Waals surface area contributed by atoms with Crippen LogP contribution < -0.4 is 10.1 Å². The number of ether oxygens (including phenoxy) is 2. The van der Waals surface area contributed by atoms with Crippen molar-refractivity contribution >= 4 is 35.4 Å². The number of rotatable bonds is 7. The summed E-state index contributed by atoms with van der Waals surface area (Å²) in [4.78, 5) is 24.4. The normalized spacial score (nSPS) is 11.3. The number of anilines is 1. The molecule has 0 unspecified atom stereocenters. The molecule has 2 rings (SSSR count). The Morgan fingerprint density at radius 1 is 1.11 bits per heavy atom. The fourth-order valence-electron chi connectivity index (χ4n) is 2.06. The maximum Gasteiger partial charge on any atom is 0.573 e. The molecule has 1 amide bonds. The van der Waals surface area contributed by atoms with Gasteiger partial charge in [0.2, 0.25) is 0 Å². The van der Waals surface area contributed by atoms with Crippen molar-refractivity contribution in [2.75, 3.05) is 18.2 Å². The Morgan fingerprint density at radius 2 is 1.79 bits per heavy atom. The molecule has 0 fully saturated rings. The summed E-state index contributed by atoms with van der Waals surface area (Å²) < 4.78 is 44.9. The summed E-state index contributed by atoms with van der Waals surface area (Å²) in [5.74, 6) is -1.62. The van der Waals surface area contributed by atoms with E-state index in [1.807, 2.05) is 18.4 Å². The van der Waals surface area contributed by atoms with Crippen molar-refractivity contribution in [3.63, 3.8) is 0 Å². The highest BCUT2D eigenvalue weighted by Crippen LogP contribution is 2.24. The number of para-hydroxylation sites is 1. The monoisotopic (exact) mass is 411 g/mol. The molecule has 1 N–H and O–H groups in total. The first-order valence-electron chi connectivity index (χ1n) is 7.90. The quantitative estimate of drug-likeness (QED) is 0.413. The van der Waals surface area contributed by atoms with Crippen LogP contribution in [0.5, 0.6) is 5.75 Å². The Bertz CT molecular complexity index is 851. The van der Waals surface area contributed by atoms with Gasteiger partial charge in [0, 0.05) is 11.0 Å². The van der Waals surface area contributed by atoms with Gasteiger partial charge in [-0.15, -0.1) is 24.9 Å². The molecule has 0 aromatic heterocycles. The minimum Gasteiger partial charge on any atom is -0.452 e. The minimum absolute atomic E-state index is 0.366. The van der Waals surface area contributed by atoms with E-state index in [9.17, 15) is 22.8 Å². The molecule has 2 aromatic rings. The number of amides is 1. The number of alkyl halides is 3. The lowest BCUT2D eigenvalue weighted by Gasteiger charge is -2.09. The van der Waals surface area contributed by atoms with Crippen LogP contribution in [0.25, 0.3) is 6.08 Å². The number of hydrogen-bond acceptors (Lipinski definition) is 5. The molecule has 0 aliphatic carbocycles. The number of nitrogens with one attached hydrogen (secondary N) is 1. The average molecular weight is 411 g/mol. The first-order chi connectivity index (χ1) is 13.3. The summed E-state index contributed by atoms with van der Waals surface area (Å²) in [6, 6.07) is 12.1. The lowest BCUT2D eigenvalue weighted by molar-refractivity contribution is -0.274. The zero-order chi connectivity index (χ0) is 20.6. The van der Waals surface area contributed by atoms with E-state index in [1.165, 1.54) is 30.0 Å². The van der Waals surface area contributed by atoms with E-state index in [0.29, 0.717) is 11.3 Å². The molecular formula is C19H16F3NO4S. The third kappa shape index (κ3) is 7.36. The highest BCUT2D eigenvalue weighted by molar-refractivity contribution is 7.98. The fourth-order valence-corrected chi connectivity index (χ4v) is 2.62. The predicted molar refractivity (Wildman–Crippen MR) is 100.0 cm³/mol. The van der Waals surface area contributed by atoms with Gasteiger partial charge in [-0.05, 0) is 42.2 Å². The number of thioether (sulfide) groups is 1. The molecule has 0 bridgehead atoms. The maximum atomic E-state index is 12.1. The maximum absolute atomic E-state index is 12.1. The van der Waals surface area contributed by atoms with Gasteiger partial charge in [-0.2, -0.15) is 0 Å². The second kappa shape index (κ2) is 9.84. The van der Waals surface area contributed by atoms with Crippen LogP contribution in [0.2, 0.25) is 0 Å². The zero-order valence-corrected chi connectivity index (χ0v) is 15.5. The van der Waals surface area contributed by atoms with E-state index >= 15 is 0 Å². The van der Waals surface area contributed by atoms with Gasteiger partial charge in [0.05, 0.1) is 5.69 Å². The van der Waals surface area contributed by atoms with Crippen molar-refractivity contribution in [3.8, 4) is 5.75 Å². The van der Waals surface area contributed by atoms with Crippen LogP contribution >= 0.6 is 11.8 Å². The summed E-state index contributed by atoms with van der Waals surface area (Å²) in [6.07, 6.45) is -0.473. The minimum atomic E-state index is -4.77. The topological polar surface area (TPSA) is 64.6 Å². The summed E-state index contributed by atoms with van der Waals surface area (Å²) in [7, 11) is 0. The highest BCUT2D eigenvalue weighted by atomic mass is 32.2. The molecule has 0 radical (unpaired) electrons. The molecule has 5 nitrogen and oxygen atoms in total. The molecule has 0 aliphatic heterocycles. The van der Waals surface area contributed by atoms with Gasteiger partial charge in [-0.25, -0.2) is 4.79 Å². The second-order valence-electron chi connectivity index (χ2n) is 5.31. The molecule has 9 heteroatoms. The van der Waals surface area contributed by atoms with Crippen LogP contribution in [0.4, 0.5) is 18.9 Å². The van der Waals surface area contributed by atoms with E-state index in [-0.39, 0.29) is 5.75 Å². The SMILES string of the molecule is CSc1ccccc1NC(=O)COC(=O)/C=C/c1ccc(OC(F)(F)F)cc1. The second-order valence-corrected chi connectivity index (χ2v) is 6.15. The van der Waals surface area contributed by atoms with Crippen molar-refractivity contribution in [1.82, 2.24) is 0 Å². The first-order valence-corrected chi connectivity index (χ1v) is 9.13. The average Bonchev–Trinajstić information content (AvgIpc) is 2.65. The molecule has 0 heterocycles. The Kier molecular flexibility index (Phi) is 7.51. The van der Waals surface area contributed by atoms with Gasteiger partial charge in [0.1, 0.15) is 5.75 Å². The standard InChI is InChI=1S/C19H16F3NO4S/c1-28-16-5-3-2-4-15(16)23-17(24)12-26-18(25)11-8-13-6-9-14(10-7-13)27-19(20,21)22/h2-11H,12H2,1H3,(H,23,24)/b11-8+. The Morgan fingerprint density at radius 3 is 2.43 bits per heavy atom. The van der Waals surface area contributed by atoms with Gasteiger partial charge in [0.15, 0.2) is 6.61 Å². The molecule has 0 spiro atoms. The molecular weight excluding hydrogens is 395 g/mol. The van der Waals surface area contributed by atoms with Crippen molar-refractivity contribution in [1.29, 1.82) is 0 Å². The molecule has 148 valence electrons. The van der Waals surface area contributed by atoms with E-state index in [4.69, 9.17) is 4.74 Å². The van der Waals surface area contributed by atoms with E-state index in [1.54, 1.807) is 12.1 Å². The number of hydrogen-bond donors (Lipinski definition) is 1. The lowest BCUT2D eigenvalue weighted by atomic mass is 10.2. The lowest BCUT2D eigenvalue weighted by Crippen LogP contribution is -2.20. The van der Waals surface area contributed by atoms with Crippen LogP contribution in [-0.2, 0) is 14.3 Å². The number of benzene rings is 2. The number of esters is 1. The van der Waals surface area contributed by atoms with Crippen LogP contribution in [0, 0.1) is 0 Å². The predicted octanol–water partition coefficient (Wildman–Crippen LogP) is 4.50. The third-order valence-corrected chi connectivity index (χ3v) is 4.05. The first kappa shape index (κ1) is 21.4. The molecule has 0 aliphatic rings. The van der Waals surface area contributed by atoms with Crippen LogP contribution in [-0.4, -0.2) is 31.1 Å². The number of carbonyl (C=O) groups is 2. The Balaban J connectivity index is 1.82. The molecule has 0 atom stereocenters. The van der Waals surface area contributed by atoms with Crippen molar-refractivity contribution in [2.45, 2.75) is 11.3 Å². The van der Waals surface area contributed by atoms with Crippen LogP contribution in [0.3, 0.4) is 0 Å². The van der Waals surface area contributed by atoms with Crippen molar-refractivity contribution in [2.24, 2.45) is 0 Å². The fraction of sp³-hybridized carbons (Fsp3) is 0.158. The van der Waals surface area contributed by atoms with Crippen molar-refractivity contribution in [3.05, 3.63) is 60.2 Å².